The molecular formula is C31H25N3O4S. The van der Waals surface area contributed by atoms with E-state index in [2.05, 4.69) is 6.07 Å². The van der Waals surface area contributed by atoms with Crippen molar-refractivity contribution in [3.63, 3.8) is 0 Å². The molecule has 1 aromatic heterocycles. The second-order valence-corrected chi connectivity index (χ2v) is 10.2. The molecule has 0 spiro atoms. The van der Waals surface area contributed by atoms with Crippen molar-refractivity contribution in [1.29, 1.82) is 5.26 Å². The Kier molecular flexibility index (Phi) is 7.35. The van der Waals surface area contributed by atoms with Gasteiger partial charge in [0, 0.05) is 23.1 Å². The fourth-order valence-electron chi connectivity index (χ4n) is 4.58. The number of nitrogens with zero attached hydrogens (tertiary/aromatic N) is 3. The largest absolute Gasteiger partial charge is 0.493 e. The number of nitriles is 1. The average molecular weight is 536 g/mol. The van der Waals surface area contributed by atoms with E-state index in [4.69, 9.17) is 14.5 Å². The maximum Gasteiger partial charge on any atom is 0.247 e. The second kappa shape index (κ2) is 11.0. The quantitative estimate of drug-likeness (QED) is 0.267. The number of pyridine rings is 1. The van der Waals surface area contributed by atoms with Gasteiger partial charge in [0.2, 0.25) is 11.8 Å². The van der Waals surface area contributed by atoms with Gasteiger partial charge >= 0.3 is 0 Å². The molecule has 0 radical (unpaired) electrons. The SMILES string of the molecule is COc1cccc(-c2cc(-c3ccccc3)nc(S[C@H]3CC(=O)N(c4ccc(C)cc4)C3=O)c2C#N)c1OC. The van der Waals surface area contributed by atoms with Gasteiger partial charge in [0.1, 0.15) is 11.1 Å². The van der Waals surface area contributed by atoms with Crippen molar-refractivity contribution in [2.24, 2.45) is 0 Å². The van der Waals surface area contributed by atoms with Crippen LogP contribution in [0.2, 0.25) is 0 Å². The number of amides is 2. The lowest BCUT2D eigenvalue weighted by Crippen LogP contribution is -2.31. The number of rotatable bonds is 7. The predicted octanol–water partition coefficient (Wildman–Crippen LogP) is 6.04. The van der Waals surface area contributed by atoms with Crippen LogP contribution in [0.15, 0.2) is 83.9 Å². The van der Waals surface area contributed by atoms with E-state index in [9.17, 15) is 14.9 Å². The molecule has 1 aliphatic heterocycles. The zero-order valence-electron chi connectivity index (χ0n) is 21.7. The van der Waals surface area contributed by atoms with E-state index in [0.29, 0.717) is 44.6 Å². The van der Waals surface area contributed by atoms with Crippen molar-refractivity contribution in [3.8, 4) is 40.0 Å². The summed E-state index contributed by atoms with van der Waals surface area (Å²) in [4.78, 5) is 32.4. The summed E-state index contributed by atoms with van der Waals surface area (Å²) in [5.74, 6) is 0.394. The highest BCUT2D eigenvalue weighted by atomic mass is 32.2. The van der Waals surface area contributed by atoms with Crippen molar-refractivity contribution in [2.45, 2.75) is 23.6 Å². The topological polar surface area (TPSA) is 92.5 Å². The first-order valence-electron chi connectivity index (χ1n) is 12.3. The molecule has 8 heteroatoms. The fraction of sp³-hybridized carbons (Fsp3) is 0.161. The van der Waals surface area contributed by atoms with Gasteiger partial charge in [0.25, 0.3) is 0 Å². The van der Waals surface area contributed by atoms with Gasteiger partial charge in [-0.3, -0.25) is 9.59 Å². The number of thioether (sulfide) groups is 1. The van der Waals surface area contributed by atoms with Crippen molar-refractivity contribution >= 4 is 29.3 Å². The van der Waals surface area contributed by atoms with Crippen LogP contribution in [0.3, 0.4) is 0 Å². The van der Waals surface area contributed by atoms with Crippen molar-refractivity contribution in [3.05, 3.63) is 90.0 Å². The smallest absolute Gasteiger partial charge is 0.247 e. The van der Waals surface area contributed by atoms with Crippen LogP contribution in [0.25, 0.3) is 22.4 Å². The predicted molar refractivity (Wildman–Crippen MR) is 151 cm³/mol. The summed E-state index contributed by atoms with van der Waals surface area (Å²) < 4.78 is 11.2. The Morgan fingerprint density at radius 2 is 1.69 bits per heavy atom. The Bertz CT molecular complexity index is 1600. The van der Waals surface area contributed by atoms with E-state index in [1.807, 2.05) is 67.6 Å². The molecule has 1 saturated heterocycles. The molecule has 1 atom stereocenters. The molecule has 1 fully saturated rings. The third kappa shape index (κ3) is 4.97. The molecule has 0 saturated carbocycles. The minimum atomic E-state index is -0.718. The number of carbonyl (C=O) groups is 2. The van der Waals surface area contributed by atoms with Crippen LogP contribution in [0, 0.1) is 18.3 Å². The summed E-state index contributed by atoms with van der Waals surface area (Å²) in [5, 5.41) is 9.98. The van der Waals surface area contributed by atoms with Crippen LogP contribution < -0.4 is 14.4 Å². The lowest BCUT2D eigenvalue weighted by molar-refractivity contribution is -0.121. The molecule has 0 bridgehead atoms. The Labute approximate surface area is 231 Å². The standard InChI is InChI=1S/C31H25N3O4S/c1-19-12-14-21(15-13-19)34-28(35)17-27(31(34)36)39-30-24(18-32)23(16-25(33-30)20-8-5-4-6-9-20)22-10-7-11-26(37-2)29(22)38-3/h4-16,27H,17H2,1-3H3/t27-/m0/s1. The molecule has 2 amide bonds. The van der Waals surface area contributed by atoms with E-state index in [1.165, 1.54) is 4.90 Å². The molecule has 5 rings (SSSR count). The highest BCUT2D eigenvalue weighted by Crippen LogP contribution is 2.44. The third-order valence-corrected chi connectivity index (χ3v) is 7.68. The summed E-state index contributed by atoms with van der Waals surface area (Å²) in [5.41, 5.74) is 4.59. The number of para-hydroxylation sites is 1. The number of ether oxygens (including phenoxy) is 2. The Morgan fingerprint density at radius 1 is 0.949 bits per heavy atom. The molecular weight excluding hydrogens is 510 g/mol. The number of methoxy groups -OCH3 is 2. The van der Waals surface area contributed by atoms with Crippen molar-refractivity contribution in [1.82, 2.24) is 4.98 Å². The summed E-state index contributed by atoms with van der Waals surface area (Å²) in [7, 11) is 3.10. The molecule has 39 heavy (non-hydrogen) atoms. The van der Waals surface area contributed by atoms with E-state index >= 15 is 0 Å². The molecule has 0 N–H and O–H groups in total. The monoisotopic (exact) mass is 535 g/mol. The first-order valence-corrected chi connectivity index (χ1v) is 13.1. The third-order valence-electron chi connectivity index (χ3n) is 6.51. The van der Waals surface area contributed by atoms with Gasteiger partial charge < -0.3 is 9.47 Å². The Morgan fingerprint density at radius 3 is 2.36 bits per heavy atom. The first kappa shape index (κ1) is 26.0. The Balaban J connectivity index is 1.62. The van der Waals surface area contributed by atoms with Crippen LogP contribution >= 0.6 is 11.8 Å². The van der Waals surface area contributed by atoms with Crippen LogP contribution in [0.5, 0.6) is 11.5 Å². The van der Waals surface area contributed by atoms with Crippen molar-refractivity contribution < 1.29 is 19.1 Å². The summed E-state index contributed by atoms with van der Waals surface area (Å²) >= 11 is 1.14. The van der Waals surface area contributed by atoms with E-state index < -0.39 is 5.25 Å². The fourth-order valence-corrected chi connectivity index (χ4v) is 5.71. The molecule has 7 nitrogen and oxygen atoms in total. The number of hydrogen-bond acceptors (Lipinski definition) is 7. The lowest BCUT2D eigenvalue weighted by atomic mass is 9.98. The van der Waals surface area contributed by atoms with Gasteiger partial charge in [-0.15, -0.1) is 0 Å². The number of anilines is 1. The van der Waals surface area contributed by atoms with E-state index in [0.717, 1.165) is 22.9 Å². The molecule has 0 aliphatic carbocycles. The van der Waals surface area contributed by atoms with Crippen LogP contribution in [0.1, 0.15) is 17.5 Å². The maximum atomic E-state index is 13.4. The number of aryl methyl sites for hydroxylation is 1. The van der Waals surface area contributed by atoms with Crippen LogP contribution in [-0.2, 0) is 9.59 Å². The van der Waals surface area contributed by atoms with Crippen LogP contribution in [-0.4, -0.2) is 36.3 Å². The van der Waals surface area contributed by atoms with Gasteiger partial charge in [-0.1, -0.05) is 71.9 Å². The minimum Gasteiger partial charge on any atom is -0.493 e. The van der Waals surface area contributed by atoms with Gasteiger partial charge in [-0.05, 0) is 31.2 Å². The summed E-state index contributed by atoms with van der Waals surface area (Å²) in [6.07, 6.45) is 0.0112. The molecule has 4 aromatic rings. The van der Waals surface area contributed by atoms with Gasteiger partial charge in [-0.2, -0.15) is 5.26 Å². The molecule has 194 valence electrons. The summed E-state index contributed by atoms with van der Waals surface area (Å²) in [6.45, 7) is 1.94. The highest BCUT2D eigenvalue weighted by molar-refractivity contribution is 8.00. The number of hydrogen-bond donors (Lipinski definition) is 0. The molecule has 3 aromatic carbocycles. The van der Waals surface area contributed by atoms with Gasteiger partial charge in [-0.25, -0.2) is 9.88 Å². The van der Waals surface area contributed by atoms with Crippen molar-refractivity contribution in [2.75, 3.05) is 19.1 Å². The first-order chi connectivity index (χ1) is 18.9. The maximum absolute atomic E-state index is 13.4. The number of imide groups is 1. The van der Waals surface area contributed by atoms with E-state index in [-0.39, 0.29) is 18.2 Å². The number of benzene rings is 3. The van der Waals surface area contributed by atoms with Gasteiger partial charge in [0.15, 0.2) is 11.5 Å². The van der Waals surface area contributed by atoms with Gasteiger partial charge in [0.05, 0.1) is 36.4 Å². The number of aromatic nitrogens is 1. The zero-order chi connectivity index (χ0) is 27.5. The van der Waals surface area contributed by atoms with E-state index in [1.54, 1.807) is 32.4 Å². The molecule has 2 heterocycles. The lowest BCUT2D eigenvalue weighted by Gasteiger charge is -2.18. The van der Waals surface area contributed by atoms with Crippen LogP contribution in [0.4, 0.5) is 5.69 Å². The Hall–Kier alpha value is -4.61. The summed E-state index contributed by atoms with van der Waals surface area (Å²) in [6, 6.07) is 26.4. The second-order valence-electron chi connectivity index (χ2n) is 8.97. The highest BCUT2D eigenvalue weighted by Gasteiger charge is 2.41. The normalized spacial score (nSPS) is 14.8. The number of carbonyl (C=O) groups excluding carboxylic acids is 2. The minimum absolute atomic E-state index is 0.0112. The average Bonchev–Trinajstić information content (AvgIpc) is 3.24. The molecule has 1 aliphatic rings. The zero-order valence-corrected chi connectivity index (χ0v) is 22.5. The molecule has 0 unspecified atom stereocenters.